The smallest absolute Gasteiger partial charge is 0.411 e. The van der Waals surface area contributed by atoms with Crippen molar-refractivity contribution in [1.29, 1.82) is 0 Å². The average molecular weight is 353 g/mol. The quantitative estimate of drug-likeness (QED) is 0.824. The second-order valence-corrected chi connectivity index (χ2v) is 9.60. The van der Waals surface area contributed by atoms with Crippen molar-refractivity contribution in [3.8, 4) is 0 Å². The van der Waals surface area contributed by atoms with Gasteiger partial charge in [0.1, 0.15) is 5.60 Å². The molecule has 1 aliphatic carbocycles. The van der Waals surface area contributed by atoms with E-state index < -0.39 is 26.4 Å². The van der Waals surface area contributed by atoms with Gasteiger partial charge < -0.3 is 4.74 Å². The number of carbonyl (C=O) groups excluding carboxylic acids is 1. The Hall–Kier alpha value is -1.56. The fourth-order valence-corrected chi connectivity index (χ4v) is 5.42. The maximum Gasteiger partial charge on any atom is 0.411 e. The Bertz CT molecular complexity index is 671. The highest BCUT2D eigenvalue weighted by Gasteiger charge is 2.51. The van der Waals surface area contributed by atoms with Gasteiger partial charge in [0, 0.05) is 7.05 Å². The average Bonchev–Trinajstić information content (AvgIpc) is 2.54. The molecule has 134 valence electrons. The number of hydrogen-bond acceptors (Lipinski definition) is 4. The lowest BCUT2D eigenvalue weighted by Gasteiger charge is -2.43. The van der Waals surface area contributed by atoms with E-state index in [1.54, 1.807) is 58.2 Å². The molecule has 0 aromatic heterocycles. The topological polar surface area (TPSA) is 63.7 Å². The molecule has 2 rings (SSSR count). The predicted octanol–water partition coefficient (Wildman–Crippen LogP) is 3.99. The van der Waals surface area contributed by atoms with Gasteiger partial charge in [-0.25, -0.2) is 13.2 Å². The van der Waals surface area contributed by atoms with E-state index in [1.807, 2.05) is 0 Å². The van der Waals surface area contributed by atoms with E-state index in [0.717, 1.165) is 19.3 Å². The largest absolute Gasteiger partial charge is 0.444 e. The van der Waals surface area contributed by atoms with Gasteiger partial charge in [-0.15, -0.1) is 0 Å². The third-order valence-corrected chi connectivity index (χ3v) is 7.04. The van der Waals surface area contributed by atoms with Gasteiger partial charge in [-0.2, -0.15) is 0 Å². The Morgan fingerprint density at radius 3 is 2.12 bits per heavy atom. The SMILES string of the molecule is CN(C(=O)OC(C)(C)C)C1(S(=O)(=O)c2ccccc2)CCCCC1. The Morgan fingerprint density at radius 1 is 1.08 bits per heavy atom. The van der Waals surface area contributed by atoms with Gasteiger partial charge in [-0.05, 0) is 45.7 Å². The number of nitrogens with zero attached hydrogens (tertiary/aromatic N) is 1. The van der Waals surface area contributed by atoms with E-state index in [-0.39, 0.29) is 4.90 Å². The number of sulfone groups is 1. The van der Waals surface area contributed by atoms with Gasteiger partial charge in [0.2, 0.25) is 9.84 Å². The highest BCUT2D eigenvalue weighted by molar-refractivity contribution is 7.92. The molecule has 0 aliphatic heterocycles. The first-order valence-corrected chi connectivity index (χ1v) is 9.85. The summed E-state index contributed by atoms with van der Waals surface area (Å²) in [6, 6.07) is 8.38. The van der Waals surface area contributed by atoms with E-state index in [1.165, 1.54) is 4.90 Å². The molecule has 0 heterocycles. The molecule has 1 aliphatic rings. The summed E-state index contributed by atoms with van der Waals surface area (Å²) in [4.78, 5) is 12.9. The minimum Gasteiger partial charge on any atom is -0.444 e. The number of hydrogen-bond donors (Lipinski definition) is 0. The summed E-state index contributed by atoms with van der Waals surface area (Å²) in [6.07, 6.45) is 2.80. The minimum atomic E-state index is -3.70. The van der Waals surface area contributed by atoms with Crippen LogP contribution in [0.5, 0.6) is 0 Å². The summed E-state index contributed by atoms with van der Waals surface area (Å²) in [6.45, 7) is 5.33. The second-order valence-electron chi connectivity index (χ2n) is 7.36. The molecule has 1 aromatic carbocycles. The summed E-state index contributed by atoms with van der Waals surface area (Å²) in [5.74, 6) is 0. The number of carbonyl (C=O) groups is 1. The second kappa shape index (κ2) is 6.75. The van der Waals surface area contributed by atoms with Crippen LogP contribution >= 0.6 is 0 Å². The Morgan fingerprint density at radius 2 is 1.62 bits per heavy atom. The van der Waals surface area contributed by atoms with Crippen LogP contribution in [-0.2, 0) is 14.6 Å². The van der Waals surface area contributed by atoms with Crippen molar-refractivity contribution in [3.05, 3.63) is 30.3 Å². The standard InChI is InChI=1S/C18H27NO4S/c1-17(2,3)23-16(20)19(4)18(13-9-6-10-14-18)24(21,22)15-11-7-5-8-12-15/h5,7-8,11-12H,6,9-10,13-14H2,1-4H3. The van der Waals surface area contributed by atoms with Crippen molar-refractivity contribution in [3.63, 3.8) is 0 Å². The first-order chi connectivity index (χ1) is 11.1. The van der Waals surface area contributed by atoms with E-state index >= 15 is 0 Å². The molecule has 5 nitrogen and oxygen atoms in total. The predicted molar refractivity (Wildman–Crippen MR) is 93.4 cm³/mol. The lowest BCUT2D eigenvalue weighted by Crippen LogP contribution is -2.56. The van der Waals surface area contributed by atoms with Crippen LogP contribution in [0.3, 0.4) is 0 Å². The number of amides is 1. The summed E-state index contributed by atoms with van der Waals surface area (Å²) >= 11 is 0. The molecule has 1 aromatic rings. The van der Waals surface area contributed by atoms with Crippen LogP contribution in [0, 0.1) is 0 Å². The third-order valence-electron chi connectivity index (χ3n) is 4.47. The van der Waals surface area contributed by atoms with Crippen LogP contribution in [0.2, 0.25) is 0 Å². The van der Waals surface area contributed by atoms with Crippen LogP contribution < -0.4 is 0 Å². The summed E-state index contributed by atoms with van der Waals surface area (Å²) in [7, 11) is -2.16. The Kier molecular flexibility index (Phi) is 5.28. The van der Waals surface area contributed by atoms with Crippen LogP contribution in [0.25, 0.3) is 0 Å². The van der Waals surface area contributed by atoms with Gasteiger partial charge in [0.25, 0.3) is 0 Å². The normalized spacial score (nSPS) is 18.0. The maximum atomic E-state index is 13.4. The van der Waals surface area contributed by atoms with Crippen molar-refractivity contribution in [2.24, 2.45) is 0 Å². The van der Waals surface area contributed by atoms with Crippen molar-refractivity contribution in [2.75, 3.05) is 7.05 Å². The summed E-state index contributed by atoms with van der Waals surface area (Å²) in [5.41, 5.74) is -0.669. The molecule has 0 N–H and O–H groups in total. The lowest BCUT2D eigenvalue weighted by atomic mass is 9.94. The Balaban J connectivity index is 2.45. The molecule has 0 spiro atoms. The fourth-order valence-electron chi connectivity index (χ4n) is 3.20. The zero-order chi connectivity index (χ0) is 18.0. The molecular formula is C18H27NO4S. The molecular weight excluding hydrogens is 326 g/mol. The van der Waals surface area contributed by atoms with Crippen LogP contribution in [0.1, 0.15) is 52.9 Å². The van der Waals surface area contributed by atoms with Crippen LogP contribution in [-0.4, -0.2) is 36.9 Å². The number of ether oxygens (including phenoxy) is 1. The van der Waals surface area contributed by atoms with E-state index in [0.29, 0.717) is 12.8 Å². The van der Waals surface area contributed by atoms with Crippen molar-refractivity contribution >= 4 is 15.9 Å². The van der Waals surface area contributed by atoms with Crippen molar-refractivity contribution < 1.29 is 17.9 Å². The van der Waals surface area contributed by atoms with E-state index in [9.17, 15) is 13.2 Å². The van der Waals surface area contributed by atoms with Gasteiger partial charge in [0.15, 0.2) is 4.87 Å². The highest BCUT2D eigenvalue weighted by atomic mass is 32.2. The molecule has 6 heteroatoms. The molecule has 1 saturated carbocycles. The van der Waals surface area contributed by atoms with Crippen molar-refractivity contribution in [1.82, 2.24) is 4.90 Å². The van der Waals surface area contributed by atoms with E-state index in [4.69, 9.17) is 4.74 Å². The maximum absolute atomic E-state index is 13.4. The lowest BCUT2D eigenvalue weighted by molar-refractivity contribution is 0.0125. The third kappa shape index (κ3) is 3.58. The van der Waals surface area contributed by atoms with Crippen LogP contribution in [0.15, 0.2) is 35.2 Å². The highest BCUT2D eigenvalue weighted by Crippen LogP contribution is 2.41. The number of rotatable bonds is 3. The molecule has 0 atom stereocenters. The van der Waals surface area contributed by atoms with E-state index in [2.05, 4.69) is 0 Å². The first-order valence-electron chi connectivity index (χ1n) is 8.37. The summed E-state index contributed by atoms with van der Waals surface area (Å²) in [5, 5.41) is 0. The molecule has 0 saturated heterocycles. The molecule has 0 bridgehead atoms. The number of benzene rings is 1. The summed E-state index contributed by atoms with van der Waals surface area (Å²) < 4.78 is 32.2. The first kappa shape index (κ1) is 18.8. The van der Waals surface area contributed by atoms with Gasteiger partial charge in [-0.3, -0.25) is 4.90 Å². The molecule has 1 amide bonds. The molecule has 0 unspecified atom stereocenters. The minimum absolute atomic E-state index is 0.252. The van der Waals surface area contributed by atoms with Crippen molar-refractivity contribution in [2.45, 2.75) is 68.2 Å². The zero-order valence-electron chi connectivity index (χ0n) is 14.9. The Labute approximate surface area is 144 Å². The van der Waals surface area contributed by atoms with Crippen LogP contribution in [0.4, 0.5) is 4.79 Å². The molecule has 1 fully saturated rings. The van der Waals surface area contributed by atoms with Gasteiger partial charge in [0.05, 0.1) is 4.90 Å². The fraction of sp³-hybridized carbons (Fsp3) is 0.611. The monoisotopic (exact) mass is 353 g/mol. The molecule has 0 radical (unpaired) electrons. The molecule has 24 heavy (non-hydrogen) atoms. The zero-order valence-corrected chi connectivity index (χ0v) is 15.7. The van der Waals surface area contributed by atoms with Gasteiger partial charge >= 0.3 is 6.09 Å². The van der Waals surface area contributed by atoms with Gasteiger partial charge in [-0.1, -0.05) is 37.5 Å².